The Bertz CT molecular complexity index is 1020. The maximum atomic E-state index is 12.6. The fraction of sp³-hybridized carbons (Fsp3) is 0.235. The largest absolute Gasteiger partial charge is 0.439 e. The average molecular weight is 391 g/mol. The van der Waals surface area contributed by atoms with Gasteiger partial charge in [-0.1, -0.05) is 36.0 Å². The Morgan fingerprint density at radius 2 is 1.88 bits per heavy atom. The van der Waals surface area contributed by atoms with Crippen molar-refractivity contribution in [2.45, 2.75) is 36.7 Å². The molecule has 1 amide bonds. The SMILES string of the molecule is CCCc1nnc(NC(=O)c2ccc(S(=O)(=O)c3ccc(C)cc3)o2)s1. The number of furan rings is 1. The van der Waals surface area contributed by atoms with E-state index in [4.69, 9.17) is 4.42 Å². The zero-order valence-electron chi connectivity index (χ0n) is 14.2. The lowest BCUT2D eigenvalue weighted by molar-refractivity contribution is 0.0991. The molecule has 3 aromatic rings. The lowest BCUT2D eigenvalue weighted by atomic mass is 10.2. The van der Waals surface area contributed by atoms with E-state index in [9.17, 15) is 13.2 Å². The number of hydrogen-bond acceptors (Lipinski definition) is 7. The third-order valence-electron chi connectivity index (χ3n) is 3.55. The van der Waals surface area contributed by atoms with E-state index < -0.39 is 15.7 Å². The topological polar surface area (TPSA) is 102 Å². The molecule has 0 fully saturated rings. The second-order valence-electron chi connectivity index (χ2n) is 5.64. The van der Waals surface area contributed by atoms with Gasteiger partial charge in [-0.25, -0.2) is 8.42 Å². The Labute approximate surface area is 155 Å². The van der Waals surface area contributed by atoms with Crippen molar-refractivity contribution in [1.29, 1.82) is 0 Å². The molecule has 2 aromatic heterocycles. The van der Waals surface area contributed by atoms with Crippen LogP contribution in [0.1, 0.15) is 34.5 Å². The maximum Gasteiger partial charge on any atom is 0.293 e. The summed E-state index contributed by atoms with van der Waals surface area (Å²) in [6.07, 6.45) is 1.72. The van der Waals surface area contributed by atoms with Crippen molar-refractivity contribution in [2.75, 3.05) is 5.32 Å². The van der Waals surface area contributed by atoms with Crippen molar-refractivity contribution >= 4 is 32.2 Å². The van der Waals surface area contributed by atoms with E-state index in [-0.39, 0.29) is 15.7 Å². The minimum atomic E-state index is -3.82. The fourth-order valence-electron chi connectivity index (χ4n) is 2.20. The molecular formula is C17H17N3O4S2. The van der Waals surface area contributed by atoms with Crippen molar-refractivity contribution in [3.63, 3.8) is 0 Å². The second kappa shape index (κ2) is 7.38. The van der Waals surface area contributed by atoms with Crippen LogP contribution in [0.3, 0.4) is 0 Å². The molecule has 3 rings (SSSR count). The van der Waals surface area contributed by atoms with Crippen LogP contribution in [-0.2, 0) is 16.3 Å². The zero-order valence-corrected chi connectivity index (χ0v) is 15.9. The van der Waals surface area contributed by atoms with Crippen LogP contribution < -0.4 is 5.32 Å². The molecule has 136 valence electrons. The van der Waals surface area contributed by atoms with Crippen LogP contribution in [-0.4, -0.2) is 24.5 Å². The molecule has 0 aliphatic carbocycles. The number of carbonyl (C=O) groups excluding carboxylic acids is 1. The molecular weight excluding hydrogens is 374 g/mol. The number of sulfone groups is 1. The van der Waals surface area contributed by atoms with Gasteiger partial charge in [0, 0.05) is 6.42 Å². The van der Waals surface area contributed by atoms with Gasteiger partial charge in [-0.2, -0.15) is 0 Å². The van der Waals surface area contributed by atoms with Gasteiger partial charge < -0.3 is 4.42 Å². The Morgan fingerprint density at radius 1 is 1.15 bits per heavy atom. The van der Waals surface area contributed by atoms with Crippen molar-refractivity contribution in [3.8, 4) is 0 Å². The van der Waals surface area contributed by atoms with Crippen LogP contribution in [0, 0.1) is 6.92 Å². The number of aromatic nitrogens is 2. The van der Waals surface area contributed by atoms with Gasteiger partial charge in [0.05, 0.1) is 4.90 Å². The normalized spacial score (nSPS) is 11.5. The summed E-state index contributed by atoms with van der Waals surface area (Å²) in [5.41, 5.74) is 0.947. The minimum Gasteiger partial charge on any atom is -0.439 e. The predicted octanol–water partition coefficient (Wildman–Crippen LogP) is 3.48. The molecule has 2 heterocycles. The highest BCUT2D eigenvalue weighted by molar-refractivity contribution is 7.91. The highest BCUT2D eigenvalue weighted by Gasteiger charge is 2.24. The first-order valence-electron chi connectivity index (χ1n) is 7.95. The van der Waals surface area contributed by atoms with Gasteiger partial charge in [-0.15, -0.1) is 10.2 Å². The summed E-state index contributed by atoms with van der Waals surface area (Å²) in [6, 6.07) is 9.00. The first kappa shape index (κ1) is 18.3. The van der Waals surface area contributed by atoms with Gasteiger partial charge in [0.2, 0.25) is 20.1 Å². The standard InChI is InChI=1S/C17H17N3O4S2/c1-3-4-14-19-20-17(25-14)18-16(21)13-9-10-15(24-13)26(22,23)12-7-5-11(2)6-8-12/h5-10H,3-4H2,1-2H3,(H,18,20,21). The van der Waals surface area contributed by atoms with E-state index in [1.54, 1.807) is 12.1 Å². The fourth-order valence-corrected chi connectivity index (χ4v) is 4.21. The smallest absolute Gasteiger partial charge is 0.293 e. The van der Waals surface area contributed by atoms with Crippen molar-refractivity contribution < 1.29 is 17.6 Å². The van der Waals surface area contributed by atoms with Crippen molar-refractivity contribution in [2.24, 2.45) is 0 Å². The van der Waals surface area contributed by atoms with E-state index >= 15 is 0 Å². The summed E-state index contributed by atoms with van der Waals surface area (Å²) < 4.78 is 30.4. The highest BCUT2D eigenvalue weighted by Crippen LogP contribution is 2.24. The first-order valence-corrected chi connectivity index (χ1v) is 10.3. The first-order chi connectivity index (χ1) is 12.4. The molecule has 1 N–H and O–H groups in total. The van der Waals surface area contributed by atoms with Crippen LogP contribution in [0.15, 0.2) is 50.8 Å². The number of hydrogen-bond donors (Lipinski definition) is 1. The van der Waals surface area contributed by atoms with Crippen molar-refractivity contribution in [3.05, 3.63) is 52.7 Å². The van der Waals surface area contributed by atoms with E-state index in [0.29, 0.717) is 5.13 Å². The molecule has 0 bridgehead atoms. The molecule has 0 saturated carbocycles. The van der Waals surface area contributed by atoms with E-state index in [1.807, 2.05) is 13.8 Å². The summed E-state index contributed by atoms with van der Waals surface area (Å²) in [6.45, 7) is 3.89. The molecule has 0 saturated heterocycles. The summed E-state index contributed by atoms with van der Waals surface area (Å²) in [5.74, 6) is -0.683. The Morgan fingerprint density at radius 3 is 2.58 bits per heavy atom. The third kappa shape index (κ3) is 3.83. The molecule has 7 nitrogen and oxygen atoms in total. The van der Waals surface area contributed by atoms with Crippen LogP contribution in [0.5, 0.6) is 0 Å². The predicted molar refractivity (Wildman–Crippen MR) is 97.2 cm³/mol. The summed E-state index contributed by atoms with van der Waals surface area (Å²) in [5, 5.41) is 11.3. The van der Waals surface area contributed by atoms with Gasteiger partial charge in [0.1, 0.15) is 5.01 Å². The summed E-state index contributed by atoms with van der Waals surface area (Å²) in [7, 11) is -3.82. The number of amides is 1. The monoisotopic (exact) mass is 391 g/mol. The van der Waals surface area contributed by atoms with Crippen LogP contribution in [0.4, 0.5) is 5.13 Å². The molecule has 0 unspecified atom stereocenters. The van der Waals surface area contributed by atoms with Crippen LogP contribution >= 0.6 is 11.3 Å². The van der Waals surface area contributed by atoms with E-state index in [0.717, 1.165) is 23.4 Å². The highest BCUT2D eigenvalue weighted by atomic mass is 32.2. The molecule has 0 radical (unpaired) electrons. The maximum absolute atomic E-state index is 12.6. The molecule has 26 heavy (non-hydrogen) atoms. The number of rotatable bonds is 6. The number of aryl methyl sites for hydroxylation is 2. The second-order valence-corrected chi connectivity index (χ2v) is 8.58. The Kier molecular flexibility index (Phi) is 5.19. The number of carbonyl (C=O) groups is 1. The zero-order chi connectivity index (χ0) is 18.7. The lowest BCUT2D eigenvalue weighted by Crippen LogP contribution is -2.10. The summed E-state index contributed by atoms with van der Waals surface area (Å²) in [4.78, 5) is 12.4. The number of anilines is 1. The van der Waals surface area contributed by atoms with Crippen molar-refractivity contribution in [1.82, 2.24) is 10.2 Å². The van der Waals surface area contributed by atoms with Gasteiger partial charge >= 0.3 is 0 Å². The molecule has 0 spiro atoms. The van der Waals surface area contributed by atoms with Gasteiger partial charge in [0.25, 0.3) is 5.91 Å². The Hall–Kier alpha value is -2.52. The van der Waals surface area contributed by atoms with Gasteiger partial charge in [0.15, 0.2) is 5.76 Å². The quantitative estimate of drug-likeness (QED) is 0.690. The molecule has 1 aromatic carbocycles. The molecule has 0 aliphatic heterocycles. The molecule has 9 heteroatoms. The number of nitrogens with one attached hydrogen (secondary N) is 1. The van der Waals surface area contributed by atoms with Gasteiger partial charge in [-0.05, 0) is 37.6 Å². The summed E-state index contributed by atoms with van der Waals surface area (Å²) >= 11 is 1.28. The average Bonchev–Trinajstić information content (AvgIpc) is 3.25. The third-order valence-corrected chi connectivity index (χ3v) is 6.09. The lowest BCUT2D eigenvalue weighted by Gasteiger charge is -2.02. The Balaban J connectivity index is 1.78. The number of benzene rings is 1. The molecule has 0 atom stereocenters. The van der Waals surface area contributed by atoms with E-state index in [1.165, 1.54) is 35.6 Å². The van der Waals surface area contributed by atoms with Gasteiger partial charge in [-0.3, -0.25) is 10.1 Å². The van der Waals surface area contributed by atoms with Crippen LogP contribution in [0.25, 0.3) is 0 Å². The molecule has 0 aliphatic rings. The number of nitrogens with zero attached hydrogens (tertiary/aromatic N) is 2. The van der Waals surface area contributed by atoms with Crippen LogP contribution in [0.2, 0.25) is 0 Å². The van der Waals surface area contributed by atoms with E-state index in [2.05, 4.69) is 15.5 Å². The minimum absolute atomic E-state index is 0.108.